The predicted octanol–water partition coefficient (Wildman–Crippen LogP) is 3.09. The maximum absolute atomic E-state index is 5.51. The van der Waals surface area contributed by atoms with Crippen LogP contribution in [0, 0.1) is 5.92 Å². The highest BCUT2D eigenvalue weighted by molar-refractivity contribution is 5.85. The van der Waals surface area contributed by atoms with Gasteiger partial charge < -0.3 is 4.74 Å². The van der Waals surface area contributed by atoms with E-state index in [1.165, 1.54) is 36.9 Å². The molecule has 0 amide bonds. The Morgan fingerprint density at radius 3 is 3.00 bits per heavy atom. The molecule has 0 spiro atoms. The number of halogens is 1. The fourth-order valence-electron chi connectivity index (χ4n) is 3.63. The quantitative estimate of drug-likeness (QED) is 0.789. The maximum Gasteiger partial charge on any atom is 0.122 e. The van der Waals surface area contributed by atoms with Gasteiger partial charge in [0.2, 0.25) is 0 Å². The van der Waals surface area contributed by atoms with Gasteiger partial charge in [0.15, 0.2) is 0 Å². The number of methoxy groups -OCH3 is 1. The molecule has 2 nitrogen and oxygen atoms in total. The Balaban J connectivity index is 0.00000133. The number of benzene rings is 1. The molecule has 0 bridgehead atoms. The molecule has 3 heteroatoms. The molecule has 0 N–H and O–H groups in total. The van der Waals surface area contributed by atoms with E-state index in [4.69, 9.17) is 4.74 Å². The van der Waals surface area contributed by atoms with Crippen molar-refractivity contribution in [3.8, 4) is 5.75 Å². The number of fused-ring (bicyclic) bond motifs is 2. The van der Waals surface area contributed by atoms with Crippen LogP contribution in [-0.2, 0) is 12.8 Å². The van der Waals surface area contributed by atoms with E-state index in [1.807, 2.05) is 6.08 Å². The van der Waals surface area contributed by atoms with Gasteiger partial charge >= 0.3 is 0 Å². The minimum Gasteiger partial charge on any atom is -0.496 e. The van der Waals surface area contributed by atoms with Crippen molar-refractivity contribution in [2.45, 2.75) is 25.3 Å². The molecule has 1 aromatic carbocycles. The summed E-state index contributed by atoms with van der Waals surface area (Å²) in [4.78, 5) is 2.58. The highest BCUT2D eigenvalue weighted by Gasteiger charge is 2.37. The minimum absolute atomic E-state index is 0. The normalized spacial score (nSPS) is 25.1. The molecule has 104 valence electrons. The number of rotatable bonds is 3. The number of ether oxygens (including phenoxy) is 1. The summed E-state index contributed by atoms with van der Waals surface area (Å²) in [7, 11) is 1.78. The van der Waals surface area contributed by atoms with Crippen molar-refractivity contribution < 1.29 is 4.74 Å². The maximum atomic E-state index is 5.51. The minimum atomic E-state index is 0. The summed E-state index contributed by atoms with van der Waals surface area (Å²) in [6.07, 6.45) is 5.70. The molecule has 0 saturated carbocycles. The zero-order valence-electron chi connectivity index (χ0n) is 11.5. The first kappa shape index (κ1) is 14.4. The second-order valence-electron chi connectivity index (χ2n) is 5.41. The fourth-order valence-corrected chi connectivity index (χ4v) is 3.63. The third-order valence-corrected chi connectivity index (χ3v) is 4.51. The third-order valence-electron chi connectivity index (χ3n) is 4.51. The third kappa shape index (κ3) is 2.52. The molecular formula is C16H22ClNO. The summed E-state index contributed by atoms with van der Waals surface area (Å²) >= 11 is 0. The van der Waals surface area contributed by atoms with Gasteiger partial charge in [0.05, 0.1) is 7.11 Å². The van der Waals surface area contributed by atoms with Crippen LogP contribution in [0.1, 0.15) is 17.5 Å². The SMILES string of the molecule is C=CCN1CC[C@@H]2Cc3c(cccc3OC)C[C@@H]21.Cl. The zero-order valence-corrected chi connectivity index (χ0v) is 12.3. The van der Waals surface area contributed by atoms with Crippen molar-refractivity contribution in [1.82, 2.24) is 4.90 Å². The molecule has 0 aromatic heterocycles. The van der Waals surface area contributed by atoms with Crippen LogP contribution in [0.4, 0.5) is 0 Å². The van der Waals surface area contributed by atoms with Gasteiger partial charge in [-0.05, 0) is 48.9 Å². The van der Waals surface area contributed by atoms with Crippen molar-refractivity contribution in [3.63, 3.8) is 0 Å². The molecule has 0 radical (unpaired) electrons. The van der Waals surface area contributed by atoms with Crippen molar-refractivity contribution in [2.75, 3.05) is 20.2 Å². The monoisotopic (exact) mass is 279 g/mol. The molecular weight excluding hydrogens is 258 g/mol. The average Bonchev–Trinajstić information content (AvgIpc) is 2.79. The van der Waals surface area contributed by atoms with E-state index in [-0.39, 0.29) is 12.4 Å². The van der Waals surface area contributed by atoms with E-state index in [1.54, 1.807) is 7.11 Å². The Morgan fingerprint density at radius 1 is 1.42 bits per heavy atom. The van der Waals surface area contributed by atoms with Crippen LogP contribution in [0.3, 0.4) is 0 Å². The Hall–Kier alpha value is -0.990. The van der Waals surface area contributed by atoms with Crippen LogP contribution >= 0.6 is 12.4 Å². The summed E-state index contributed by atoms with van der Waals surface area (Å²) in [5.74, 6) is 1.88. The van der Waals surface area contributed by atoms with Gasteiger partial charge in [-0.2, -0.15) is 0 Å². The highest BCUT2D eigenvalue weighted by Crippen LogP contribution is 2.38. The molecule has 2 atom stereocenters. The van der Waals surface area contributed by atoms with E-state index in [9.17, 15) is 0 Å². The van der Waals surface area contributed by atoms with Gasteiger partial charge in [-0.15, -0.1) is 19.0 Å². The van der Waals surface area contributed by atoms with Gasteiger partial charge in [0, 0.05) is 12.6 Å². The number of hydrogen-bond donors (Lipinski definition) is 0. The second kappa shape index (κ2) is 5.98. The van der Waals surface area contributed by atoms with Gasteiger partial charge in [0.25, 0.3) is 0 Å². The average molecular weight is 280 g/mol. The Morgan fingerprint density at radius 2 is 2.26 bits per heavy atom. The van der Waals surface area contributed by atoms with Gasteiger partial charge in [-0.25, -0.2) is 0 Å². The van der Waals surface area contributed by atoms with E-state index in [0.717, 1.165) is 18.2 Å². The molecule has 0 unspecified atom stereocenters. The largest absolute Gasteiger partial charge is 0.496 e. The fraction of sp³-hybridized carbons (Fsp3) is 0.500. The van der Waals surface area contributed by atoms with E-state index < -0.39 is 0 Å². The van der Waals surface area contributed by atoms with E-state index >= 15 is 0 Å². The van der Waals surface area contributed by atoms with Crippen LogP contribution in [0.25, 0.3) is 0 Å². The highest BCUT2D eigenvalue weighted by atomic mass is 35.5. The molecule has 19 heavy (non-hydrogen) atoms. The Labute approximate surface area is 121 Å². The van der Waals surface area contributed by atoms with E-state index in [0.29, 0.717) is 6.04 Å². The van der Waals surface area contributed by atoms with Crippen LogP contribution in [0.2, 0.25) is 0 Å². The van der Waals surface area contributed by atoms with Crippen LogP contribution in [0.15, 0.2) is 30.9 Å². The first-order valence-corrected chi connectivity index (χ1v) is 6.83. The van der Waals surface area contributed by atoms with Crippen LogP contribution in [0.5, 0.6) is 5.75 Å². The lowest BCUT2D eigenvalue weighted by atomic mass is 9.80. The van der Waals surface area contributed by atoms with Gasteiger partial charge in [-0.1, -0.05) is 18.2 Å². The molecule has 1 fully saturated rings. The van der Waals surface area contributed by atoms with Gasteiger partial charge in [-0.3, -0.25) is 4.90 Å². The first-order chi connectivity index (χ1) is 8.83. The summed E-state index contributed by atoms with van der Waals surface area (Å²) < 4.78 is 5.51. The van der Waals surface area contributed by atoms with Crippen LogP contribution < -0.4 is 4.74 Å². The lowest BCUT2D eigenvalue weighted by Crippen LogP contribution is -2.38. The van der Waals surface area contributed by atoms with E-state index in [2.05, 4.69) is 29.7 Å². The molecule has 3 rings (SSSR count). The smallest absolute Gasteiger partial charge is 0.122 e. The van der Waals surface area contributed by atoms with Gasteiger partial charge in [0.1, 0.15) is 5.75 Å². The second-order valence-corrected chi connectivity index (χ2v) is 5.41. The lowest BCUT2D eigenvalue weighted by molar-refractivity contribution is 0.234. The molecule has 1 aliphatic heterocycles. The summed E-state index contributed by atoms with van der Waals surface area (Å²) in [5.41, 5.74) is 2.92. The first-order valence-electron chi connectivity index (χ1n) is 6.83. The zero-order chi connectivity index (χ0) is 12.5. The Kier molecular flexibility index (Phi) is 4.54. The summed E-state index contributed by atoms with van der Waals surface area (Å²) in [6, 6.07) is 7.18. The predicted molar refractivity (Wildman–Crippen MR) is 81.3 cm³/mol. The van der Waals surface area contributed by atoms with Crippen molar-refractivity contribution in [3.05, 3.63) is 42.0 Å². The number of likely N-dealkylation sites (tertiary alicyclic amines) is 1. The molecule has 1 aromatic rings. The number of hydrogen-bond acceptors (Lipinski definition) is 2. The standard InChI is InChI=1S/C16H21NO.ClH/c1-3-8-17-9-7-13-10-14-12(11-15(13)17)5-4-6-16(14)18-2;/h3-6,13,15H,1,7-11H2,2H3;1H/t13-,15+;/m1./s1. The number of nitrogens with zero attached hydrogens (tertiary/aromatic N) is 1. The van der Waals surface area contributed by atoms with Crippen molar-refractivity contribution in [1.29, 1.82) is 0 Å². The van der Waals surface area contributed by atoms with Crippen molar-refractivity contribution >= 4 is 12.4 Å². The molecule has 1 saturated heterocycles. The summed E-state index contributed by atoms with van der Waals surface area (Å²) in [6.45, 7) is 6.12. The van der Waals surface area contributed by atoms with Crippen LogP contribution in [-0.4, -0.2) is 31.1 Å². The molecule has 1 heterocycles. The lowest BCUT2D eigenvalue weighted by Gasteiger charge is -2.33. The topological polar surface area (TPSA) is 12.5 Å². The molecule has 2 aliphatic rings. The summed E-state index contributed by atoms with van der Waals surface area (Å²) in [5, 5.41) is 0. The van der Waals surface area contributed by atoms with Crippen molar-refractivity contribution in [2.24, 2.45) is 5.92 Å². The molecule has 1 aliphatic carbocycles. The Bertz CT molecular complexity index is 460.